The summed E-state index contributed by atoms with van der Waals surface area (Å²) in [4.78, 5) is 12.8. The van der Waals surface area contributed by atoms with Crippen molar-refractivity contribution in [2.24, 2.45) is 11.1 Å². The first kappa shape index (κ1) is 16.9. The topological polar surface area (TPSA) is 72.4 Å². The van der Waals surface area contributed by atoms with Crippen LogP contribution in [0.1, 0.15) is 26.3 Å². The molecule has 0 radical (unpaired) electrons. The van der Waals surface area contributed by atoms with Gasteiger partial charge in [-0.3, -0.25) is 10.1 Å². The van der Waals surface area contributed by atoms with Gasteiger partial charge in [0.05, 0.1) is 10.6 Å². The number of hydrogen-bond acceptors (Lipinski definition) is 4. The number of nitrogens with zero attached hydrogens (tertiary/aromatic N) is 2. The average Bonchev–Trinajstić information content (AvgIpc) is 2.38. The Balaban J connectivity index is 3.17. The van der Waals surface area contributed by atoms with Crippen LogP contribution in [0.5, 0.6) is 0 Å². The maximum absolute atomic E-state index is 11.0. The van der Waals surface area contributed by atoms with E-state index in [-0.39, 0.29) is 16.0 Å². The number of anilines is 1. The first-order valence-electron chi connectivity index (χ1n) is 6.61. The van der Waals surface area contributed by atoms with Crippen LogP contribution in [0.3, 0.4) is 0 Å². The van der Waals surface area contributed by atoms with Crippen LogP contribution < -0.4 is 10.6 Å². The van der Waals surface area contributed by atoms with Crippen LogP contribution >= 0.6 is 15.9 Å². The molecule has 6 heteroatoms. The summed E-state index contributed by atoms with van der Waals surface area (Å²) in [5.41, 5.74) is 7.55. The van der Waals surface area contributed by atoms with Crippen LogP contribution in [0.25, 0.3) is 0 Å². The van der Waals surface area contributed by atoms with Gasteiger partial charge in [0.2, 0.25) is 0 Å². The maximum atomic E-state index is 11.0. The standard InChI is InChI=1S/C14H22BrN3O2/c1-5-17(9-14(3,4)8-16)13-6-10(2)12(18(19)20)7-11(13)15/h6-7H,5,8-9,16H2,1-4H3. The molecule has 1 rings (SSSR count). The zero-order valence-corrected chi connectivity index (χ0v) is 14.0. The van der Waals surface area contributed by atoms with E-state index in [0.29, 0.717) is 12.1 Å². The highest BCUT2D eigenvalue weighted by atomic mass is 79.9. The third-order valence-corrected chi connectivity index (χ3v) is 3.99. The van der Waals surface area contributed by atoms with E-state index in [0.717, 1.165) is 23.2 Å². The Kier molecular flexibility index (Phi) is 5.53. The second-order valence-corrected chi connectivity index (χ2v) is 6.58. The third kappa shape index (κ3) is 3.93. The van der Waals surface area contributed by atoms with Crippen molar-refractivity contribution in [2.45, 2.75) is 27.7 Å². The fraction of sp³-hybridized carbons (Fsp3) is 0.571. The average molecular weight is 344 g/mol. The van der Waals surface area contributed by atoms with Crippen LogP contribution in [0, 0.1) is 22.5 Å². The van der Waals surface area contributed by atoms with E-state index in [1.165, 1.54) is 0 Å². The summed E-state index contributed by atoms with van der Waals surface area (Å²) in [6, 6.07) is 3.43. The predicted octanol–water partition coefficient (Wildman–Crippen LogP) is 3.48. The Bertz CT molecular complexity index is 503. The zero-order valence-electron chi connectivity index (χ0n) is 12.4. The fourth-order valence-electron chi connectivity index (χ4n) is 2.04. The van der Waals surface area contributed by atoms with Gasteiger partial charge in [-0.1, -0.05) is 13.8 Å². The molecule has 0 saturated heterocycles. The minimum absolute atomic E-state index is 0.00880. The van der Waals surface area contributed by atoms with E-state index < -0.39 is 0 Å². The number of rotatable bonds is 6. The molecule has 0 amide bonds. The molecule has 0 aliphatic heterocycles. The lowest BCUT2D eigenvalue weighted by Gasteiger charge is -2.33. The minimum Gasteiger partial charge on any atom is -0.370 e. The van der Waals surface area contributed by atoms with Crippen molar-refractivity contribution >= 4 is 27.3 Å². The number of hydrogen-bond donors (Lipinski definition) is 1. The van der Waals surface area contributed by atoms with Gasteiger partial charge >= 0.3 is 0 Å². The number of aryl methyl sites for hydroxylation is 1. The number of halogens is 1. The lowest BCUT2D eigenvalue weighted by Crippen LogP contribution is -2.39. The van der Waals surface area contributed by atoms with Gasteiger partial charge in [0.15, 0.2) is 0 Å². The van der Waals surface area contributed by atoms with Crippen molar-refractivity contribution in [3.63, 3.8) is 0 Å². The first-order chi connectivity index (χ1) is 9.21. The molecule has 1 aromatic carbocycles. The normalized spacial score (nSPS) is 11.5. The van der Waals surface area contributed by atoms with Crippen molar-refractivity contribution in [3.05, 3.63) is 32.3 Å². The zero-order chi connectivity index (χ0) is 15.5. The van der Waals surface area contributed by atoms with Gasteiger partial charge in [0.1, 0.15) is 0 Å². The van der Waals surface area contributed by atoms with Crippen LogP contribution in [0.15, 0.2) is 16.6 Å². The molecular weight excluding hydrogens is 322 g/mol. The number of nitrogens with two attached hydrogens (primary N) is 1. The van der Waals surface area contributed by atoms with Gasteiger partial charge in [0, 0.05) is 29.2 Å². The summed E-state index contributed by atoms with van der Waals surface area (Å²) in [7, 11) is 0. The van der Waals surface area contributed by atoms with E-state index in [1.54, 1.807) is 13.0 Å². The lowest BCUT2D eigenvalue weighted by molar-refractivity contribution is -0.385. The van der Waals surface area contributed by atoms with Crippen LogP contribution in [0.4, 0.5) is 11.4 Å². The minimum atomic E-state index is -0.357. The molecule has 0 aromatic heterocycles. The molecule has 0 bridgehead atoms. The molecule has 0 aliphatic carbocycles. The second-order valence-electron chi connectivity index (χ2n) is 5.73. The van der Waals surface area contributed by atoms with Crippen LogP contribution in [0.2, 0.25) is 0 Å². The SMILES string of the molecule is CCN(CC(C)(C)CN)c1cc(C)c([N+](=O)[O-])cc1Br. The van der Waals surface area contributed by atoms with Gasteiger partial charge in [-0.2, -0.15) is 0 Å². The monoisotopic (exact) mass is 343 g/mol. The highest BCUT2D eigenvalue weighted by molar-refractivity contribution is 9.10. The highest BCUT2D eigenvalue weighted by Gasteiger charge is 2.23. The molecule has 20 heavy (non-hydrogen) atoms. The molecule has 0 aliphatic rings. The van der Waals surface area contributed by atoms with Crippen molar-refractivity contribution in [1.29, 1.82) is 0 Å². The summed E-state index contributed by atoms with van der Waals surface area (Å²) in [5.74, 6) is 0. The largest absolute Gasteiger partial charge is 0.370 e. The van der Waals surface area contributed by atoms with Crippen molar-refractivity contribution in [3.8, 4) is 0 Å². The van der Waals surface area contributed by atoms with E-state index in [1.807, 2.05) is 6.07 Å². The lowest BCUT2D eigenvalue weighted by atomic mass is 9.93. The van der Waals surface area contributed by atoms with E-state index >= 15 is 0 Å². The summed E-state index contributed by atoms with van der Waals surface area (Å²) >= 11 is 3.44. The molecule has 0 fully saturated rings. The van der Waals surface area contributed by atoms with Crippen LogP contribution in [-0.4, -0.2) is 24.6 Å². The molecule has 1 aromatic rings. The Labute approximate surface area is 128 Å². The highest BCUT2D eigenvalue weighted by Crippen LogP contribution is 2.34. The molecule has 112 valence electrons. The van der Waals surface area contributed by atoms with E-state index in [9.17, 15) is 10.1 Å². The summed E-state index contributed by atoms with van der Waals surface area (Å²) in [6.07, 6.45) is 0. The first-order valence-corrected chi connectivity index (χ1v) is 7.40. The van der Waals surface area contributed by atoms with E-state index in [4.69, 9.17) is 5.73 Å². The van der Waals surface area contributed by atoms with Gasteiger partial charge < -0.3 is 10.6 Å². The summed E-state index contributed by atoms with van der Waals surface area (Å²) in [5, 5.41) is 11.0. The Hall–Kier alpha value is -1.14. The quantitative estimate of drug-likeness (QED) is 0.633. The van der Waals surface area contributed by atoms with Crippen LogP contribution in [-0.2, 0) is 0 Å². The third-order valence-electron chi connectivity index (χ3n) is 3.36. The fourth-order valence-corrected chi connectivity index (χ4v) is 2.63. The van der Waals surface area contributed by atoms with Gasteiger partial charge in [0.25, 0.3) is 5.69 Å². The predicted molar refractivity (Wildman–Crippen MR) is 86.3 cm³/mol. The maximum Gasteiger partial charge on any atom is 0.273 e. The molecular formula is C14H22BrN3O2. The smallest absolute Gasteiger partial charge is 0.273 e. The molecule has 0 saturated carbocycles. The van der Waals surface area contributed by atoms with Crippen molar-refractivity contribution in [1.82, 2.24) is 0 Å². The number of nitro groups is 1. The molecule has 0 unspecified atom stereocenters. The summed E-state index contributed by atoms with van der Waals surface area (Å²) < 4.78 is 0.740. The van der Waals surface area contributed by atoms with Crippen molar-refractivity contribution in [2.75, 3.05) is 24.5 Å². The molecule has 2 N–H and O–H groups in total. The Morgan fingerprint density at radius 1 is 1.45 bits per heavy atom. The Morgan fingerprint density at radius 2 is 2.05 bits per heavy atom. The molecule has 5 nitrogen and oxygen atoms in total. The van der Waals surface area contributed by atoms with Gasteiger partial charge in [-0.05, 0) is 47.8 Å². The van der Waals surface area contributed by atoms with Gasteiger partial charge in [-0.15, -0.1) is 0 Å². The number of nitro benzene ring substituents is 1. The van der Waals surface area contributed by atoms with E-state index in [2.05, 4.69) is 41.6 Å². The molecule has 0 spiro atoms. The van der Waals surface area contributed by atoms with Gasteiger partial charge in [-0.25, -0.2) is 0 Å². The summed E-state index contributed by atoms with van der Waals surface area (Å²) in [6.45, 7) is 10.3. The second kappa shape index (κ2) is 6.54. The molecule has 0 heterocycles. The van der Waals surface area contributed by atoms with Crippen molar-refractivity contribution < 1.29 is 4.92 Å². The number of benzene rings is 1. The molecule has 0 atom stereocenters. The Morgan fingerprint density at radius 3 is 2.50 bits per heavy atom.